The molecule has 3 rings (SSSR count). The molecule has 0 atom stereocenters. The van der Waals surface area contributed by atoms with Crippen molar-refractivity contribution >= 4 is 17.8 Å². The molecule has 2 aliphatic heterocycles. The lowest BCUT2D eigenvalue weighted by atomic mass is 10.0. The van der Waals surface area contributed by atoms with Gasteiger partial charge in [-0.05, 0) is 36.8 Å². The number of hydrogen-bond acceptors (Lipinski definition) is 4. The van der Waals surface area contributed by atoms with Gasteiger partial charge in [-0.3, -0.25) is 4.79 Å². The van der Waals surface area contributed by atoms with Crippen molar-refractivity contribution < 1.29 is 9.59 Å². The zero-order valence-corrected chi connectivity index (χ0v) is 17.6. The van der Waals surface area contributed by atoms with Gasteiger partial charge in [-0.1, -0.05) is 13.8 Å². The lowest BCUT2D eigenvalue weighted by Gasteiger charge is -2.22. The van der Waals surface area contributed by atoms with E-state index in [2.05, 4.69) is 19.2 Å². The number of fused-ring (bicyclic) bond motifs is 1. The molecule has 2 aliphatic rings. The molecule has 1 N–H and O–H groups in total. The number of anilines is 1. The van der Waals surface area contributed by atoms with Crippen LogP contribution < -0.4 is 10.2 Å². The van der Waals surface area contributed by atoms with Crippen molar-refractivity contribution in [2.75, 3.05) is 51.7 Å². The number of nitrogens with one attached hydrogen (secondary N) is 1. The van der Waals surface area contributed by atoms with Crippen molar-refractivity contribution in [3.8, 4) is 0 Å². The van der Waals surface area contributed by atoms with Crippen LogP contribution in [0.1, 0.15) is 48.3 Å². The van der Waals surface area contributed by atoms with Crippen LogP contribution in [-0.4, -0.2) is 73.5 Å². The summed E-state index contributed by atoms with van der Waals surface area (Å²) in [6.45, 7) is 7.81. The third kappa shape index (κ3) is 4.56. The van der Waals surface area contributed by atoms with E-state index < -0.39 is 0 Å². The largest absolute Gasteiger partial charge is 0.362 e. The maximum atomic E-state index is 13.1. The molecule has 0 aromatic carbocycles. The van der Waals surface area contributed by atoms with E-state index in [1.165, 1.54) is 0 Å². The van der Waals surface area contributed by atoms with Crippen LogP contribution in [0.25, 0.3) is 0 Å². The Morgan fingerprint density at radius 3 is 2.43 bits per heavy atom. The Hall–Kier alpha value is -2.31. The third-order valence-electron chi connectivity index (χ3n) is 5.44. The molecule has 1 fully saturated rings. The van der Waals surface area contributed by atoms with Crippen molar-refractivity contribution in [2.24, 2.45) is 5.92 Å². The average molecular weight is 388 g/mol. The Balaban J connectivity index is 1.80. The van der Waals surface area contributed by atoms with E-state index in [1.54, 1.807) is 0 Å². The van der Waals surface area contributed by atoms with E-state index in [0.717, 1.165) is 49.4 Å². The summed E-state index contributed by atoms with van der Waals surface area (Å²) in [6, 6.07) is 2.01. The molecule has 3 heterocycles. The molecule has 28 heavy (non-hydrogen) atoms. The number of hydrogen-bond donors (Lipinski definition) is 1. The first kappa shape index (κ1) is 20.4. The van der Waals surface area contributed by atoms with E-state index in [1.807, 2.05) is 34.9 Å². The predicted molar refractivity (Wildman–Crippen MR) is 111 cm³/mol. The van der Waals surface area contributed by atoms with Gasteiger partial charge in [0.25, 0.3) is 5.91 Å². The topological polar surface area (TPSA) is 68.8 Å². The highest BCUT2D eigenvalue weighted by molar-refractivity contribution is 5.99. The summed E-state index contributed by atoms with van der Waals surface area (Å²) in [5.74, 6) is 1.23. The van der Waals surface area contributed by atoms with Gasteiger partial charge in [-0.25, -0.2) is 9.78 Å². The summed E-state index contributed by atoms with van der Waals surface area (Å²) in [5.41, 5.74) is 2.77. The van der Waals surface area contributed by atoms with E-state index in [9.17, 15) is 9.59 Å². The molecule has 0 saturated carbocycles. The number of likely N-dealkylation sites (tertiary alicyclic amines) is 1. The Kier molecular flexibility index (Phi) is 6.42. The van der Waals surface area contributed by atoms with Crippen LogP contribution in [0.15, 0.2) is 6.07 Å². The van der Waals surface area contributed by atoms with Gasteiger partial charge in [-0.15, -0.1) is 0 Å². The molecule has 3 amide bonds. The van der Waals surface area contributed by atoms with Crippen LogP contribution in [0.5, 0.6) is 0 Å². The van der Waals surface area contributed by atoms with Gasteiger partial charge in [-0.2, -0.15) is 0 Å². The Morgan fingerprint density at radius 2 is 1.79 bits per heavy atom. The van der Waals surface area contributed by atoms with Gasteiger partial charge in [0.1, 0.15) is 5.82 Å². The van der Waals surface area contributed by atoms with E-state index in [0.29, 0.717) is 37.5 Å². The SMILES string of the molecule is CC(C)CNC(=O)N1CCc2cc(C(=O)N3CCCC3)c(N(C)C)nc2CC1. The monoisotopic (exact) mass is 387 g/mol. The number of rotatable bonds is 4. The molecule has 0 radical (unpaired) electrons. The number of amides is 3. The first-order valence-electron chi connectivity index (χ1n) is 10.4. The summed E-state index contributed by atoms with van der Waals surface area (Å²) < 4.78 is 0. The third-order valence-corrected chi connectivity index (χ3v) is 5.44. The number of pyridine rings is 1. The summed E-state index contributed by atoms with van der Waals surface area (Å²) in [7, 11) is 3.86. The first-order valence-corrected chi connectivity index (χ1v) is 10.4. The van der Waals surface area contributed by atoms with E-state index >= 15 is 0 Å². The number of urea groups is 1. The molecule has 1 aromatic heterocycles. The Labute approximate surface area is 168 Å². The molecular formula is C21H33N5O2. The molecule has 1 saturated heterocycles. The molecule has 154 valence electrons. The molecule has 0 aliphatic carbocycles. The fourth-order valence-corrected chi connectivity index (χ4v) is 3.82. The van der Waals surface area contributed by atoms with Crippen LogP contribution in [0.2, 0.25) is 0 Å². The lowest BCUT2D eigenvalue weighted by molar-refractivity contribution is 0.0793. The summed E-state index contributed by atoms with van der Waals surface area (Å²) in [4.78, 5) is 36.1. The van der Waals surface area contributed by atoms with Crippen molar-refractivity contribution in [3.63, 3.8) is 0 Å². The van der Waals surface area contributed by atoms with Crippen LogP contribution in [-0.2, 0) is 12.8 Å². The van der Waals surface area contributed by atoms with Gasteiger partial charge in [0.05, 0.1) is 5.56 Å². The van der Waals surface area contributed by atoms with Crippen LogP contribution in [0.4, 0.5) is 10.6 Å². The molecule has 0 spiro atoms. The van der Waals surface area contributed by atoms with Crippen molar-refractivity contribution in [2.45, 2.75) is 39.5 Å². The fraction of sp³-hybridized carbons (Fsp3) is 0.667. The van der Waals surface area contributed by atoms with E-state index in [4.69, 9.17) is 4.98 Å². The highest BCUT2D eigenvalue weighted by Gasteiger charge is 2.27. The standard InChI is InChI=1S/C21H33N5O2/c1-15(2)14-22-21(28)26-11-7-16-13-17(20(27)25-9-5-6-10-25)19(24(3)4)23-18(16)8-12-26/h13,15H,5-12,14H2,1-4H3,(H,22,28). The number of carbonyl (C=O) groups excluding carboxylic acids is 2. The second-order valence-electron chi connectivity index (χ2n) is 8.43. The maximum Gasteiger partial charge on any atom is 0.317 e. The first-order chi connectivity index (χ1) is 13.4. The van der Waals surface area contributed by atoms with E-state index in [-0.39, 0.29) is 11.9 Å². The maximum absolute atomic E-state index is 13.1. The van der Waals surface area contributed by atoms with Gasteiger partial charge in [0.15, 0.2) is 0 Å². The predicted octanol–water partition coefficient (Wildman–Crippen LogP) is 2.15. The van der Waals surface area contributed by atoms with Gasteiger partial charge >= 0.3 is 6.03 Å². The molecule has 0 unspecified atom stereocenters. The van der Waals surface area contributed by atoms with Crippen molar-refractivity contribution in [1.82, 2.24) is 20.1 Å². The smallest absolute Gasteiger partial charge is 0.317 e. The quantitative estimate of drug-likeness (QED) is 0.860. The molecule has 1 aromatic rings. The lowest BCUT2D eigenvalue weighted by Crippen LogP contribution is -2.42. The van der Waals surface area contributed by atoms with Crippen LogP contribution >= 0.6 is 0 Å². The highest BCUT2D eigenvalue weighted by atomic mass is 16.2. The fourth-order valence-electron chi connectivity index (χ4n) is 3.82. The minimum Gasteiger partial charge on any atom is -0.362 e. The average Bonchev–Trinajstić information content (AvgIpc) is 3.12. The highest BCUT2D eigenvalue weighted by Crippen LogP contribution is 2.25. The summed E-state index contributed by atoms with van der Waals surface area (Å²) in [6.07, 6.45) is 3.58. The molecule has 7 heteroatoms. The number of nitrogens with zero attached hydrogens (tertiary/aromatic N) is 4. The van der Waals surface area contributed by atoms with Gasteiger partial charge in [0.2, 0.25) is 0 Å². The molecular weight excluding hydrogens is 354 g/mol. The summed E-state index contributed by atoms with van der Waals surface area (Å²) >= 11 is 0. The normalized spacial score (nSPS) is 16.8. The second kappa shape index (κ2) is 8.80. The van der Waals surface area contributed by atoms with Crippen molar-refractivity contribution in [1.29, 1.82) is 0 Å². The Morgan fingerprint density at radius 1 is 1.11 bits per heavy atom. The van der Waals surface area contributed by atoms with Crippen LogP contribution in [0, 0.1) is 5.92 Å². The molecule has 0 bridgehead atoms. The van der Waals surface area contributed by atoms with Crippen molar-refractivity contribution in [3.05, 3.63) is 22.9 Å². The second-order valence-corrected chi connectivity index (χ2v) is 8.43. The zero-order valence-electron chi connectivity index (χ0n) is 17.6. The number of aromatic nitrogens is 1. The molecule has 7 nitrogen and oxygen atoms in total. The Bertz CT molecular complexity index is 726. The minimum absolute atomic E-state index is 0.0114. The van der Waals surface area contributed by atoms with Gasteiger partial charge in [0, 0.05) is 58.9 Å². The minimum atomic E-state index is -0.0114. The number of carbonyl (C=O) groups is 2. The zero-order chi connectivity index (χ0) is 20.3. The van der Waals surface area contributed by atoms with Crippen LogP contribution in [0.3, 0.4) is 0 Å². The van der Waals surface area contributed by atoms with Gasteiger partial charge < -0.3 is 20.0 Å². The summed E-state index contributed by atoms with van der Waals surface area (Å²) in [5, 5.41) is 3.00.